The Kier molecular flexibility index (Phi) is 2.59. The maximum Gasteiger partial charge on any atom is 0.223 e. The van der Waals surface area contributed by atoms with Gasteiger partial charge in [0, 0.05) is 18.9 Å². The zero-order chi connectivity index (χ0) is 10.1. The van der Waals surface area contributed by atoms with Gasteiger partial charge < -0.3 is 11.1 Å². The maximum absolute atomic E-state index is 11.3. The van der Waals surface area contributed by atoms with Crippen molar-refractivity contribution in [3.05, 3.63) is 0 Å². The fraction of sp³-hybridized carbons (Fsp3) is 0.778. The van der Waals surface area contributed by atoms with E-state index in [1.165, 1.54) is 0 Å². The monoisotopic (exact) mass is 184 g/mol. The summed E-state index contributed by atoms with van der Waals surface area (Å²) in [7, 11) is 0. The number of hydrogen-bond donors (Lipinski definition) is 2. The minimum atomic E-state index is -0.343. The summed E-state index contributed by atoms with van der Waals surface area (Å²) in [5.41, 5.74) is 4.81. The lowest BCUT2D eigenvalue weighted by Crippen LogP contribution is -2.34. The first-order chi connectivity index (χ1) is 5.93. The molecule has 1 aliphatic heterocycles. The summed E-state index contributed by atoms with van der Waals surface area (Å²) < 4.78 is 0. The summed E-state index contributed by atoms with van der Waals surface area (Å²) in [5, 5.41) is 2.76. The SMILES string of the molecule is CC(C)(CC(N)=O)C1CCNC1=O. The first kappa shape index (κ1) is 10.0. The van der Waals surface area contributed by atoms with Crippen molar-refractivity contribution >= 4 is 11.8 Å². The van der Waals surface area contributed by atoms with E-state index in [1.807, 2.05) is 13.8 Å². The van der Waals surface area contributed by atoms with Gasteiger partial charge in [0.15, 0.2) is 0 Å². The second-order valence-electron chi connectivity index (χ2n) is 4.26. The van der Waals surface area contributed by atoms with E-state index in [1.54, 1.807) is 0 Å². The smallest absolute Gasteiger partial charge is 0.223 e. The third kappa shape index (κ3) is 2.20. The Bertz CT molecular complexity index is 236. The highest BCUT2D eigenvalue weighted by molar-refractivity contribution is 5.83. The van der Waals surface area contributed by atoms with Gasteiger partial charge in [0.25, 0.3) is 0 Å². The van der Waals surface area contributed by atoms with E-state index < -0.39 is 0 Å². The molecule has 1 atom stereocenters. The normalized spacial score (nSPS) is 22.9. The van der Waals surface area contributed by atoms with E-state index in [0.29, 0.717) is 6.54 Å². The Labute approximate surface area is 77.9 Å². The van der Waals surface area contributed by atoms with Crippen molar-refractivity contribution < 1.29 is 9.59 Å². The van der Waals surface area contributed by atoms with Gasteiger partial charge in [-0.1, -0.05) is 13.8 Å². The van der Waals surface area contributed by atoms with Crippen LogP contribution in [0.3, 0.4) is 0 Å². The lowest BCUT2D eigenvalue weighted by molar-refractivity contribution is -0.127. The second kappa shape index (κ2) is 3.36. The number of amides is 2. The molecule has 0 aromatic rings. The molecule has 0 aliphatic carbocycles. The van der Waals surface area contributed by atoms with E-state index in [4.69, 9.17) is 5.73 Å². The molecule has 1 heterocycles. The molecule has 74 valence electrons. The van der Waals surface area contributed by atoms with Crippen LogP contribution in [0.25, 0.3) is 0 Å². The third-order valence-corrected chi connectivity index (χ3v) is 2.62. The Morgan fingerprint density at radius 3 is 2.69 bits per heavy atom. The highest BCUT2D eigenvalue weighted by atomic mass is 16.2. The predicted octanol–water partition coefficient (Wildman–Crippen LogP) is 0.0241. The van der Waals surface area contributed by atoms with Crippen molar-refractivity contribution in [2.24, 2.45) is 17.1 Å². The van der Waals surface area contributed by atoms with Crippen LogP contribution < -0.4 is 11.1 Å². The van der Waals surface area contributed by atoms with Crippen LogP contribution in [0.1, 0.15) is 26.7 Å². The van der Waals surface area contributed by atoms with Crippen LogP contribution in [0.15, 0.2) is 0 Å². The summed E-state index contributed by atoms with van der Waals surface area (Å²) in [6, 6.07) is 0. The van der Waals surface area contributed by atoms with E-state index in [9.17, 15) is 9.59 Å². The number of nitrogens with two attached hydrogens (primary N) is 1. The molecule has 3 N–H and O–H groups in total. The van der Waals surface area contributed by atoms with Gasteiger partial charge in [-0.15, -0.1) is 0 Å². The maximum atomic E-state index is 11.3. The Balaban J connectivity index is 2.67. The summed E-state index contributed by atoms with van der Waals surface area (Å²) >= 11 is 0. The highest BCUT2D eigenvalue weighted by Gasteiger charge is 2.38. The van der Waals surface area contributed by atoms with Crippen LogP contribution in [0.4, 0.5) is 0 Å². The molecular formula is C9H16N2O2. The fourth-order valence-electron chi connectivity index (χ4n) is 1.91. The summed E-state index contributed by atoms with van der Waals surface area (Å²) in [5.74, 6) is -0.365. The van der Waals surface area contributed by atoms with Crippen LogP contribution in [0.2, 0.25) is 0 Å². The molecule has 1 aliphatic rings. The van der Waals surface area contributed by atoms with Gasteiger partial charge in [0.05, 0.1) is 0 Å². The molecule has 1 saturated heterocycles. The number of rotatable bonds is 3. The molecule has 0 radical (unpaired) electrons. The number of carbonyl (C=O) groups is 2. The minimum absolute atomic E-state index is 0.0475. The van der Waals surface area contributed by atoms with Crippen LogP contribution in [0, 0.1) is 11.3 Å². The van der Waals surface area contributed by atoms with Gasteiger partial charge in [-0.3, -0.25) is 9.59 Å². The zero-order valence-electron chi connectivity index (χ0n) is 8.09. The van der Waals surface area contributed by atoms with Gasteiger partial charge in [-0.25, -0.2) is 0 Å². The van der Waals surface area contributed by atoms with E-state index in [2.05, 4.69) is 5.32 Å². The van der Waals surface area contributed by atoms with E-state index in [0.717, 1.165) is 6.42 Å². The molecule has 13 heavy (non-hydrogen) atoms. The van der Waals surface area contributed by atoms with Crippen molar-refractivity contribution in [1.82, 2.24) is 5.32 Å². The second-order valence-corrected chi connectivity index (χ2v) is 4.26. The molecule has 0 aromatic carbocycles. The molecule has 1 unspecified atom stereocenters. The quantitative estimate of drug-likeness (QED) is 0.649. The zero-order valence-corrected chi connectivity index (χ0v) is 8.09. The number of carbonyl (C=O) groups excluding carboxylic acids is 2. The number of hydrogen-bond acceptors (Lipinski definition) is 2. The topological polar surface area (TPSA) is 72.2 Å². The largest absolute Gasteiger partial charge is 0.370 e. The minimum Gasteiger partial charge on any atom is -0.370 e. The number of nitrogens with one attached hydrogen (secondary N) is 1. The molecule has 2 amide bonds. The van der Waals surface area contributed by atoms with Crippen molar-refractivity contribution in [2.75, 3.05) is 6.54 Å². The van der Waals surface area contributed by atoms with Gasteiger partial charge in [0.2, 0.25) is 11.8 Å². The summed E-state index contributed by atoms with van der Waals surface area (Å²) in [6.45, 7) is 4.53. The van der Waals surface area contributed by atoms with Crippen molar-refractivity contribution in [3.63, 3.8) is 0 Å². The molecule has 0 aromatic heterocycles. The number of primary amides is 1. The predicted molar refractivity (Wildman–Crippen MR) is 48.7 cm³/mol. The van der Waals surface area contributed by atoms with Crippen molar-refractivity contribution in [2.45, 2.75) is 26.7 Å². The standard InChI is InChI=1S/C9H16N2O2/c1-9(2,5-7(10)12)6-3-4-11-8(6)13/h6H,3-5H2,1-2H3,(H2,10,12)(H,11,13). The molecular weight excluding hydrogens is 168 g/mol. The van der Waals surface area contributed by atoms with Crippen LogP contribution in [-0.4, -0.2) is 18.4 Å². The first-order valence-corrected chi connectivity index (χ1v) is 4.49. The lowest BCUT2D eigenvalue weighted by Gasteiger charge is -2.27. The first-order valence-electron chi connectivity index (χ1n) is 4.49. The Hall–Kier alpha value is -1.06. The Morgan fingerprint density at radius 2 is 2.31 bits per heavy atom. The molecule has 1 rings (SSSR count). The van der Waals surface area contributed by atoms with Crippen molar-refractivity contribution in [1.29, 1.82) is 0 Å². The molecule has 4 heteroatoms. The highest BCUT2D eigenvalue weighted by Crippen LogP contribution is 2.34. The van der Waals surface area contributed by atoms with Crippen LogP contribution >= 0.6 is 0 Å². The van der Waals surface area contributed by atoms with Gasteiger partial charge in [0.1, 0.15) is 0 Å². The molecule has 0 spiro atoms. The lowest BCUT2D eigenvalue weighted by atomic mass is 9.75. The molecule has 0 bridgehead atoms. The van der Waals surface area contributed by atoms with Gasteiger partial charge in [-0.2, -0.15) is 0 Å². The van der Waals surface area contributed by atoms with Crippen molar-refractivity contribution in [3.8, 4) is 0 Å². The van der Waals surface area contributed by atoms with Gasteiger partial charge in [-0.05, 0) is 11.8 Å². The van der Waals surface area contributed by atoms with Gasteiger partial charge >= 0.3 is 0 Å². The van der Waals surface area contributed by atoms with E-state index >= 15 is 0 Å². The molecule has 4 nitrogen and oxygen atoms in total. The molecule has 0 saturated carbocycles. The average Bonchev–Trinajstić information content (AvgIpc) is 2.32. The Morgan fingerprint density at radius 1 is 1.69 bits per heavy atom. The third-order valence-electron chi connectivity index (χ3n) is 2.62. The van der Waals surface area contributed by atoms with Crippen LogP contribution in [-0.2, 0) is 9.59 Å². The van der Waals surface area contributed by atoms with E-state index in [-0.39, 0.29) is 29.6 Å². The summed E-state index contributed by atoms with van der Waals surface area (Å²) in [4.78, 5) is 22.1. The molecule has 1 fully saturated rings. The fourth-order valence-corrected chi connectivity index (χ4v) is 1.91. The van der Waals surface area contributed by atoms with Crippen LogP contribution in [0.5, 0.6) is 0 Å². The summed E-state index contributed by atoms with van der Waals surface area (Å²) in [6.07, 6.45) is 1.07. The average molecular weight is 184 g/mol.